The zero-order valence-corrected chi connectivity index (χ0v) is 23.4. The molecule has 41 heavy (non-hydrogen) atoms. The summed E-state index contributed by atoms with van der Waals surface area (Å²) in [5, 5.41) is 19.6. The van der Waals surface area contributed by atoms with Crippen LogP contribution in [0.25, 0.3) is 20.5 Å². The van der Waals surface area contributed by atoms with E-state index in [1.165, 1.54) is 11.3 Å². The second kappa shape index (κ2) is 13.9. The monoisotopic (exact) mass is 580 g/mol. The van der Waals surface area contributed by atoms with Gasteiger partial charge in [-0.05, 0) is 72.3 Å². The summed E-state index contributed by atoms with van der Waals surface area (Å²) in [5.41, 5.74) is 2.02. The van der Waals surface area contributed by atoms with Crippen LogP contribution in [0.15, 0.2) is 66.7 Å². The Balaban J connectivity index is 1.12. The SMILES string of the molecule is COc1ccc2c(C(=O)c3ccc(OCCOCCOCCOCC4OC4O)cc3)c(-c3ccc(O)cc3)sc2c1. The zero-order chi connectivity index (χ0) is 28.6. The molecule has 1 aromatic heterocycles. The molecule has 216 valence electrons. The maximum atomic E-state index is 13.8. The predicted molar refractivity (Wildman–Crippen MR) is 154 cm³/mol. The molecule has 2 heterocycles. The van der Waals surface area contributed by atoms with Crippen LogP contribution in [0, 0.1) is 0 Å². The van der Waals surface area contributed by atoms with E-state index in [0.29, 0.717) is 63.1 Å². The van der Waals surface area contributed by atoms with Crippen molar-refractivity contribution in [2.75, 3.05) is 53.4 Å². The number of phenolic OH excluding ortho intramolecular Hbond substituents is 1. The number of epoxide rings is 1. The average Bonchev–Trinajstić information content (AvgIpc) is 3.57. The van der Waals surface area contributed by atoms with E-state index in [9.17, 15) is 9.90 Å². The van der Waals surface area contributed by atoms with Crippen molar-refractivity contribution in [1.82, 2.24) is 0 Å². The van der Waals surface area contributed by atoms with Gasteiger partial charge in [-0.1, -0.05) is 0 Å². The first kappa shape index (κ1) is 29.0. The van der Waals surface area contributed by atoms with Crippen molar-refractivity contribution in [2.24, 2.45) is 0 Å². The third kappa shape index (κ3) is 7.62. The van der Waals surface area contributed by atoms with E-state index in [0.717, 1.165) is 26.3 Å². The van der Waals surface area contributed by atoms with E-state index >= 15 is 0 Å². The number of carbonyl (C=O) groups excluding carboxylic acids is 1. The standard InChI is InChI=1S/C31H32O9S/c1-35-24-10-11-25-27(18-24)41-30(21-2-6-22(32)7-3-21)28(25)29(33)20-4-8-23(9-5-20)39-17-16-37-13-12-36-14-15-38-19-26-31(34)40-26/h2-11,18,26,31-32,34H,12-17,19H2,1H3. The van der Waals surface area contributed by atoms with Crippen LogP contribution in [0.3, 0.4) is 0 Å². The highest BCUT2D eigenvalue weighted by Crippen LogP contribution is 2.41. The van der Waals surface area contributed by atoms with E-state index in [1.54, 1.807) is 43.5 Å². The third-order valence-electron chi connectivity index (χ3n) is 6.45. The number of thiophene rings is 1. The molecule has 2 N–H and O–H groups in total. The van der Waals surface area contributed by atoms with Crippen LogP contribution < -0.4 is 9.47 Å². The van der Waals surface area contributed by atoms with Crippen molar-refractivity contribution < 1.29 is 43.4 Å². The van der Waals surface area contributed by atoms with Crippen LogP contribution >= 0.6 is 11.3 Å². The maximum Gasteiger partial charge on any atom is 0.195 e. The van der Waals surface area contributed by atoms with Crippen molar-refractivity contribution in [1.29, 1.82) is 0 Å². The third-order valence-corrected chi connectivity index (χ3v) is 7.65. The molecule has 3 aromatic carbocycles. The van der Waals surface area contributed by atoms with Gasteiger partial charge in [0, 0.05) is 26.1 Å². The summed E-state index contributed by atoms with van der Waals surface area (Å²) >= 11 is 1.52. The van der Waals surface area contributed by atoms with Gasteiger partial charge in [0.2, 0.25) is 0 Å². The Kier molecular flexibility index (Phi) is 9.84. The highest BCUT2D eigenvalue weighted by atomic mass is 32.1. The lowest BCUT2D eigenvalue weighted by atomic mass is 9.97. The van der Waals surface area contributed by atoms with Gasteiger partial charge in [-0.25, -0.2) is 0 Å². The zero-order valence-electron chi connectivity index (χ0n) is 22.6. The van der Waals surface area contributed by atoms with Gasteiger partial charge in [0.25, 0.3) is 0 Å². The molecule has 2 atom stereocenters. The fourth-order valence-electron chi connectivity index (χ4n) is 4.21. The lowest BCUT2D eigenvalue weighted by molar-refractivity contribution is 0.00702. The smallest absolute Gasteiger partial charge is 0.195 e. The number of ether oxygens (including phenoxy) is 6. The fourth-order valence-corrected chi connectivity index (χ4v) is 5.44. The fraction of sp³-hybridized carbons (Fsp3) is 0.323. The number of carbonyl (C=O) groups is 1. The number of hydrogen-bond donors (Lipinski definition) is 2. The van der Waals surface area contributed by atoms with Crippen molar-refractivity contribution in [3.05, 3.63) is 77.9 Å². The Morgan fingerprint density at radius 1 is 0.854 bits per heavy atom. The van der Waals surface area contributed by atoms with Gasteiger partial charge in [-0.3, -0.25) is 4.79 Å². The number of rotatable bonds is 16. The quantitative estimate of drug-likeness (QED) is 0.111. The normalized spacial score (nSPS) is 16.1. The molecular weight excluding hydrogens is 548 g/mol. The molecule has 0 bridgehead atoms. The highest BCUT2D eigenvalue weighted by Gasteiger charge is 2.36. The van der Waals surface area contributed by atoms with Gasteiger partial charge in [-0.15, -0.1) is 11.3 Å². The molecule has 1 fully saturated rings. The second-order valence-corrected chi connectivity index (χ2v) is 10.3. The summed E-state index contributed by atoms with van der Waals surface area (Å²) in [6.45, 7) is 2.89. The van der Waals surface area contributed by atoms with E-state index in [1.807, 2.05) is 30.3 Å². The Morgan fingerprint density at radius 2 is 1.49 bits per heavy atom. The minimum Gasteiger partial charge on any atom is -0.508 e. The van der Waals surface area contributed by atoms with Crippen molar-refractivity contribution >= 4 is 27.2 Å². The Hall–Kier alpha value is -3.51. The molecule has 5 rings (SSSR count). The highest BCUT2D eigenvalue weighted by molar-refractivity contribution is 7.22. The van der Waals surface area contributed by atoms with Gasteiger partial charge >= 0.3 is 0 Å². The number of ketones is 1. The summed E-state index contributed by atoms with van der Waals surface area (Å²) in [7, 11) is 1.62. The maximum absolute atomic E-state index is 13.8. The second-order valence-electron chi connectivity index (χ2n) is 9.28. The molecule has 10 heteroatoms. The number of phenols is 1. The Bertz CT molecular complexity index is 1430. The van der Waals surface area contributed by atoms with Crippen molar-refractivity contribution in [2.45, 2.75) is 12.4 Å². The van der Waals surface area contributed by atoms with Crippen LogP contribution in [0.4, 0.5) is 0 Å². The number of fused-ring (bicyclic) bond motifs is 1. The summed E-state index contributed by atoms with van der Waals surface area (Å²) in [6.07, 6.45) is -0.888. The molecule has 4 aromatic rings. The molecule has 0 aliphatic carbocycles. The van der Waals surface area contributed by atoms with Gasteiger partial charge < -0.3 is 38.6 Å². The van der Waals surface area contributed by atoms with Crippen LogP contribution in [0.5, 0.6) is 17.2 Å². The van der Waals surface area contributed by atoms with E-state index in [4.69, 9.17) is 33.5 Å². The van der Waals surface area contributed by atoms with Crippen LogP contribution in [-0.2, 0) is 18.9 Å². The topological polar surface area (TPSA) is 116 Å². The number of aliphatic hydroxyl groups is 1. The van der Waals surface area contributed by atoms with Gasteiger partial charge in [-0.2, -0.15) is 0 Å². The van der Waals surface area contributed by atoms with Gasteiger partial charge in [0.05, 0.1) is 46.8 Å². The number of aromatic hydroxyl groups is 1. The van der Waals surface area contributed by atoms with E-state index in [2.05, 4.69) is 0 Å². The summed E-state index contributed by atoms with van der Waals surface area (Å²) in [5.74, 6) is 1.44. The predicted octanol–water partition coefficient (Wildman–Crippen LogP) is 4.66. The van der Waals surface area contributed by atoms with Crippen molar-refractivity contribution in [3.8, 4) is 27.7 Å². The summed E-state index contributed by atoms with van der Waals surface area (Å²) in [4.78, 5) is 14.6. The average molecular weight is 581 g/mol. The molecule has 9 nitrogen and oxygen atoms in total. The van der Waals surface area contributed by atoms with Crippen LogP contribution in [0.2, 0.25) is 0 Å². The minimum atomic E-state index is -0.685. The lowest BCUT2D eigenvalue weighted by Gasteiger charge is -2.09. The number of aliphatic hydroxyl groups excluding tert-OH is 1. The summed E-state index contributed by atoms with van der Waals surface area (Å²) < 4.78 is 33.2. The number of hydrogen-bond acceptors (Lipinski definition) is 10. The Labute approximate surface area is 241 Å². The molecule has 0 amide bonds. The molecule has 1 aliphatic heterocycles. The van der Waals surface area contributed by atoms with Gasteiger partial charge in [0.15, 0.2) is 12.1 Å². The van der Waals surface area contributed by atoms with E-state index < -0.39 is 6.29 Å². The molecule has 2 unspecified atom stereocenters. The molecule has 1 aliphatic rings. The van der Waals surface area contributed by atoms with Gasteiger partial charge in [0.1, 0.15) is 30.0 Å². The Morgan fingerprint density at radius 3 is 2.15 bits per heavy atom. The molecule has 1 saturated heterocycles. The van der Waals surface area contributed by atoms with Crippen LogP contribution in [0.1, 0.15) is 15.9 Å². The van der Waals surface area contributed by atoms with Crippen LogP contribution in [-0.4, -0.2) is 81.7 Å². The largest absolute Gasteiger partial charge is 0.508 e. The lowest BCUT2D eigenvalue weighted by Crippen LogP contribution is -2.14. The summed E-state index contributed by atoms with van der Waals surface area (Å²) in [6, 6.07) is 19.6. The molecule has 0 saturated carbocycles. The van der Waals surface area contributed by atoms with Crippen molar-refractivity contribution in [3.63, 3.8) is 0 Å². The minimum absolute atomic E-state index is 0.0942. The number of methoxy groups -OCH3 is 1. The first-order valence-electron chi connectivity index (χ1n) is 13.3. The molecular formula is C31H32O9S. The van der Waals surface area contributed by atoms with E-state index in [-0.39, 0.29) is 17.6 Å². The first-order chi connectivity index (χ1) is 20.0. The number of benzene rings is 3. The molecule has 0 radical (unpaired) electrons. The first-order valence-corrected chi connectivity index (χ1v) is 14.1. The molecule has 0 spiro atoms.